The molecule has 6 nitrogen and oxygen atoms in total. The van der Waals surface area contributed by atoms with Crippen molar-refractivity contribution in [2.24, 2.45) is 5.92 Å². The van der Waals surface area contributed by atoms with Gasteiger partial charge in [0.1, 0.15) is 0 Å². The minimum atomic E-state index is 0.408. The van der Waals surface area contributed by atoms with Crippen LogP contribution in [0.25, 0.3) is 33.1 Å². The van der Waals surface area contributed by atoms with Crippen LogP contribution in [0.1, 0.15) is 43.4 Å². The molecule has 33 heavy (non-hydrogen) atoms. The summed E-state index contributed by atoms with van der Waals surface area (Å²) in [5, 5.41) is 18.6. The third-order valence-electron chi connectivity index (χ3n) is 6.95. The Kier molecular flexibility index (Phi) is 5.52. The predicted molar refractivity (Wildman–Crippen MR) is 134 cm³/mol. The molecule has 0 spiro atoms. The van der Waals surface area contributed by atoms with Gasteiger partial charge in [-0.3, -0.25) is 0 Å². The normalized spacial score (nSPS) is 14.3. The molecule has 0 atom stereocenters. The van der Waals surface area contributed by atoms with Gasteiger partial charge in [-0.25, -0.2) is 0 Å². The van der Waals surface area contributed by atoms with Crippen molar-refractivity contribution in [3.8, 4) is 11.3 Å². The summed E-state index contributed by atoms with van der Waals surface area (Å²) in [4.78, 5) is 3.64. The zero-order valence-electron chi connectivity index (χ0n) is 18.8. The Morgan fingerprint density at radius 3 is 2.91 bits per heavy atom. The molecule has 168 valence electrons. The topological polar surface area (TPSA) is 75.2 Å². The number of aromatic amines is 2. The van der Waals surface area contributed by atoms with Crippen LogP contribution in [-0.2, 0) is 13.0 Å². The third kappa shape index (κ3) is 4.23. The molecule has 6 rings (SSSR count). The van der Waals surface area contributed by atoms with Crippen molar-refractivity contribution in [1.29, 1.82) is 0 Å². The van der Waals surface area contributed by atoms with E-state index in [-0.39, 0.29) is 0 Å². The van der Waals surface area contributed by atoms with Crippen molar-refractivity contribution in [2.75, 3.05) is 0 Å². The summed E-state index contributed by atoms with van der Waals surface area (Å²) in [6.45, 7) is 0.699. The molecule has 0 bridgehead atoms. The van der Waals surface area contributed by atoms with E-state index in [1.807, 2.05) is 17.1 Å². The molecule has 0 saturated heterocycles. The number of nitrogens with one attached hydrogen (secondary N) is 2. The molecule has 0 amide bonds. The first-order valence-electron chi connectivity index (χ1n) is 11.8. The van der Waals surface area contributed by atoms with Gasteiger partial charge in [0.15, 0.2) is 0 Å². The fourth-order valence-corrected chi connectivity index (χ4v) is 5.86. The van der Waals surface area contributed by atoms with Crippen LogP contribution in [0.4, 0.5) is 0 Å². The Morgan fingerprint density at radius 1 is 1.12 bits per heavy atom. The van der Waals surface area contributed by atoms with Crippen LogP contribution in [-0.4, -0.2) is 45.1 Å². The molecule has 1 aliphatic rings. The van der Waals surface area contributed by atoms with E-state index in [2.05, 4.69) is 67.7 Å². The quantitative estimate of drug-likeness (QED) is 0.297. The molecule has 3 aromatic heterocycles. The number of rotatable bonds is 8. The number of hydrogen-bond acceptors (Lipinski definition) is 3. The van der Waals surface area contributed by atoms with Gasteiger partial charge in [0, 0.05) is 0 Å². The fraction of sp³-hybridized carbons (Fsp3) is 0.346. The van der Waals surface area contributed by atoms with Gasteiger partial charge in [0.25, 0.3) is 0 Å². The molecular formula is C26H28N6Se. The molecule has 0 aliphatic heterocycles. The second kappa shape index (κ2) is 8.81. The van der Waals surface area contributed by atoms with Crippen LogP contribution in [0.5, 0.6) is 0 Å². The number of nitrogens with zero attached hydrogens (tertiary/aromatic N) is 4. The summed E-state index contributed by atoms with van der Waals surface area (Å²) in [5.74, 6) is 3.21. The van der Waals surface area contributed by atoms with Crippen LogP contribution in [0.15, 0.2) is 48.8 Å². The summed E-state index contributed by atoms with van der Waals surface area (Å²) in [5.41, 5.74) is 6.83. The van der Waals surface area contributed by atoms with Crippen molar-refractivity contribution in [1.82, 2.24) is 30.2 Å². The van der Waals surface area contributed by atoms with Crippen molar-refractivity contribution in [3.63, 3.8) is 0 Å². The summed E-state index contributed by atoms with van der Waals surface area (Å²) in [7, 11) is 0. The van der Waals surface area contributed by atoms with Gasteiger partial charge in [-0.1, -0.05) is 25.7 Å². The van der Waals surface area contributed by atoms with E-state index in [0.29, 0.717) is 21.5 Å². The first-order valence-corrected chi connectivity index (χ1v) is 14.3. The van der Waals surface area contributed by atoms with Crippen molar-refractivity contribution >= 4 is 41.2 Å². The summed E-state index contributed by atoms with van der Waals surface area (Å²) >= 11 is 0.408. The van der Waals surface area contributed by atoms with Gasteiger partial charge in [0.05, 0.1) is 0 Å². The van der Waals surface area contributed by atoms with Gasteiger partial charge in [-0.15, -0.1) is 0 Å². The average Bonchev–Trinajstić information content (AvgIpc) is 3.53. The second-order valence-corrected chi connectivity index (χ2v) is 11.1. The number of fused-ring (bicyclic) bond motifs is 2. The van der Waals surface area contributed by atoms with Gasteiger partial charge < -0.3 is 0 Å². The molecule has 0 unspecified atom stereocenters. The van der Waals surface area contributed by atoms with E-state index in [9.17, 15) is 0 Å². The van der Waals surface area contributed by atoms with Gasteiger partial charge in [-0.2, -0.15) is 0 Å². The molecule has 3 heterocycles. The SMILES string of the molecule is C[Se]c1cc(-c2cn(Cc3ccc4cc(CCCC5CCC5)[nH]c4c3)nn2)c2cn[nH]c2c1. The van der Waals surface area contributed by atoms with Crippen molar-refractivity contribution < 1.29 is 0 Å². The number of benzene rings is 2. The maximum atomic E-state index is 4.48. The molecule has 2 aromatic carbocycles. The molecule has 1 aliphatic carbocycles. The zero-order chi connectivity index (χ0) is 22.2. The van der Waals surface area contributed by atoms with E-state index in [4.69, 9.17) is 0 Å². The average molecular weight is 504 g/mol. The van der Waals surface area contributed by atoms with Crippen LogP contribution < -0.4 is 4.46 Å². The Hall–Kier alpha value is -2.89. The first-order chi connectivity index (χ1) is 16.2. The second-order valence-electron chi connectivity index (χ2n) is 9.21. The van der Waals surface area contributed by atoms with Gasteiger partial charge in [-0.05, 0) is 18.8 Å². The zero-order valence-corrected chi connectivity index (χ0v) is 20.6. The van der Waals surface area contributed by atoms with E-state index in [1.54, 1.807) is 0 Å². The molecule has 7 heteroatoms. The molecule has 1 fully saturated rings. The maximum absolute atomic E-state index is 4.48. The number of hydrogen-bond donors (Lipinski definition) is 2. The van der Waals surface area contributed by atoms with E-state index in [0.717, 1.165) is 34.5 Å². The fourth-order valence-electron chi connectivity index (χ4n) is 4.87. The van der Waals surface area contributed by atoms with E-state index >= 15 is 0 Å². The summed E-state index contributed by atoms with van der Waals surface area (Å²) < 4.78 is 3.25. The molecule has 5 aromatic rings. The summed E-state index contributed by atoms with van der Waals surface area (Å²) in [6, 6.07) is 13.4. The first kappa shape index (κ1) is 20.7. The van der Waals surface area contributed by atoms with Crippen LogP contribution in [0, 0.1) is 5.92 Å². The minimum absolute atomic E-state index is 0.408. The Bertz CT molecular complexity index is 1410. The number of H-pyrrole nitrogens is 2. The predicted octanol–water partition coefficient (Wildman–Crippen LogP) is 4.85. The standard InChI is InChI=1S/C26H28N6Se/c1-33-21-12-22(23-14-27-29-25(23)13-21)26-16-32(31-30-26)15-18-8-9-19-11-20(28-24(19)10-18)7-3-6-17-4-2-5-17/h8-14,16-17,28H,2-7,15H2,1H3,(H,27,29). The van der Waals surface area contributed by atoms with Crippen LogP contribution in [0.3, 0.4) is 0 Å². The van der Waals surface area contributed by atoms with Gasteiger partial charge in [0.2, 0.25) is 0 Å². The number of aryl methyl sites for hydroxylation is 1. The van der Waals surface area contributed by atoms with E-state index < -0.39 is 0 Å². The third-order valence-corrected chi connectivity index (χ3v) is 8.44. The molecular weight excluding hydrogens is 475 g/mol. The van der Waals surface area contributed by atoms with Gasteiger partial charge >= 0.3 is 155 Å². The van der Waals surface area contributed by atoms with Crippen molar-refractivity contribution in [3.05, 3.63) is 60.0 Å². The number of aromatic nitrogens is 6. The molecule has 0 radical (unpaired) electrons. The molecule has 1 saturated carbocycles. The Labute approximate surface area is 199 Å². The van der Waals surface area contributed by atoms with Crippen molar-refractivity contribution in [2.45, 2.75) is 50.9 Å². The molecule has 2 N–H and O–H groups in total. The summed E-state index contributed by atoms with van der Waals surface area (Å²) in [6.07, 6.45) is 12.0. The monoisotopic (exact) mass is 504 g/mol. The Balaban J connectivity index is 1.19. The van der Waals surface area contributed by atoms with E-state index in [1.165, 1.54) is 58.7 Å². The Morgan fingerprint density at radius 2 is 2.06 bits per heavy atom. The van der Waals surface area contributed by atoms with Crippen LogP contribution in [0.2, 0.25) is 5.82 Å². The van der Waals surface area contributed by atoms with Crippen LogP contribution >= 0.6 is 0 Å².